The second-order valence-electron chi connectivity index (χ2n) is 6.99. The fourth-order valence-corrected chi connectivity index (χ4v) is 3.80. The SMILES string of the molecule is CCOC(=O)C1CCCN(C(=O)CN(C)C2CCCCCC2)C1. The number of hydrogen-bond acceptors (Lipinski definition) is 4. The van der Waals surface area contributed by atoms with Gasteiger partial charge in [0, 0.05) is 19.1 Å². The van der Waals surface area contributed by atoms with Gasteiger partial charge >= 0.3 is 5.97 Å². The third-order valence-corrected chi connectivity index (χ3v) is 5.23. The van der Waals surface area contributed by atoms with Crippen LogP contribution >= 0.6 is 0 Å². The molecule has 0 radical (unpaired) electrons. The van der Waals surface area contributed by atoms with Gasteiger partial charge in [0.15, 0.2) is 0 Å². The summed E-state index contributed by atoms with van der Waals surface area (Å²) < 4.78 is 5.11. The van der Waals surface area contributed by atoms with Gasteiger partial charge in [-0.1, -0.05) is 25.7 Å². The lowest BCUT2D eigenvalue weighted by Crippen LogP contribution is -2.47. The zero-order valence-corrected chi connectivity index (χ0v) is 14.8. The molecule has 0 aromatic carbocycles. The molecule has 1 aliphatic carbocycles. The molecule has 1 aliphatic heterocycles. The highest BCUT2D eigenvalue weighted by molar-refractivity contribution is 5.80. The van der Waals surface area contributed by atoms with E-state index in [4.69, 9.17) is 4.74 Å². The summed E-state index contributed by atoms with van der Waals surface area (Å²) in [6.45, 7) is 4.00. The van der Waals surface area contributed by atoms with Crippen molar-refractivity contribution in [3.05, 3.63) is 0 Å². The van der Waals surface area contributed by atoms with Crippen LogP contribution in [-0.4, -0.2) is 61.0 Å². The minimum Gasteiger partial charge on any atom is -0.466 e. The van der Waals surface area contributed by atoms with Gasteiger partial charge in [-0.25, -0.2) is 0 Å². The van der Waals surface area contributed by atoms with E-state index >= 15 is 0 Å². The summed E-state index contributed by atoms with van der Waals surface area (Å²) in [7, 11) is 2.07. The van der Waals surface area contributed by atoms with Crippen LogP contribution in [0.4, 0.5) is 0 Å². The molecule has 1 unspecified atom stereocenters. The summed E-state index contributed by atoms with van der Waals surface area (Å²) in [6.07, 6.45) is 9.33. The third-order valence-electron chi connectivity index (χ3n) is 5.23. The summed E-state index contributed by atoms with van der Waals surface area (Å²) in [5.41, 5.74) is 0. The smallest absolute Gasteiger partial charge is 0.310 e. The number of hydrogen-bond donors (Lipinski definition) is 0. The first-order chi connectivity index (χ1) is 11.1. The molecule has 132 valence electrons. The topological polar surface area (TPSA) is 49.9 Å². The van der Waals surface area contributed by atoms with Crippen LogP contribution in [0.15, 0.2) is 0 Å². The molecule has 0 spiro atoms. The van der Waals surface area contributed by atoms with E-state index < -0.39 is 0 Å². The molecule has 5 heteroatoms. The first-order valence-corrected chi connectivity index (χ1v) is 9.26. The van der Waals surface area contributed by atoms with Crippen LogP contribution in [0.2, 0.25) is 0 Å². The van der Waals surface area contributed by atoms with Crippen LogP contribution in [-0.2, 0) is 14.3 Å². The summed E-state index contributed by atoms with van der Waals surface area (Å²) in [5.74, 6) is -0.135. The second kappa shape index (κ2) is 9.26. The quantitative estimate of drug-likeness (QED) is 0.576. The van der Waals surface area contributed by atoms with Crippen LogP contribution in [0.5, 0.6) is 0 Å². The van der Waals surface area contributed by atoms with E-state index in [1.807, 2.05) is 11.8 Å². The Labute approximate surface area is 140 Å². The van der Waals surface area contributed by atoms with E-state index in [1.165, 1.54) is 38.5 Å². The number of piperidine rings is 1. The molecular formula is C18H32N2O3. The number of carbonyl (C=O) groups is 2. The predicted octanol–water partition coefficient (Wildman–Crippen LogP) is 2.44. The molecule has 1 heterocycles. The second-order valence-corrected chi connectivity index (χ2v) is 6.99. The molecule has 5 nitrogen and oxygen atoms in total. The fourth-order valence-electron chi connectivity index (χ4n) is 3.80. The Morgan fingerprint density at radius 1 is 1.09 bits per heavy atom. The van der Waals surface area contributed by atoms with E-state index in [0.29, 0.717) is 25.7 Å². The molecule has 0 bridgehead atoms. The molecular weight excluding hydrogens is 292 g/mol. The minimum atomic E-state index is -0.151. The summed E-state index contributed by atoms with van der Waals surface area (Å²) >= 11 is 0. The van der Waals surface area contributed by atoms with Gasteiger partial charge in [0.25, 0.3) is 0 Å². The van der Waals surface area contributed by atoms with Gasteiger partial charge in [-0.3, -0.25) is 14.5 Å². The molecule has 0 aromatic heterocycles. The van der Waals surface area contributed by atoms with E-state index in [2.05, 4.69) is 11.9 Å². The summed E-state index contributed by atoms with van der Waals surface area (Å²) in [4.78, 5) is 28.6. The molecule has 2 fully saturated rings. The number of amides is 1. The van der Waals surface area contributed by atoms with E-state index in [0.717, 1.165) is 19.4 Å². The number of nitrogens with zero attached hydrogens (tertiary/aromatic N) is 2. The fraction of sp³-hybridized carbons (Fsp3) is 0.889. The molecule has 23 heavy (non-hydrogen) atoms. The Morgan fingerprint density at radius 3 is 2.43 bits per heavy atom. The monoisotopic (exact) mass is 324 g/mol. The number of carbonyl (C=O) groups excluding carboxylic acids is 2. The Hall–Kier alpha value is -1.10. The number of rotatable bonds is 5. The zero-order valence-electron chi connectivity index (χ0n) is 14.8. The first-order valence-electron chi connectivity index (χ1n) is 9.26. The third kappa shape index (κ3) is 5.48. The van der Waals surface area contributed by atoms with Crippen molar-refractivity contribution in [2.24, 2.45) is 5.92 Å². The van der Waals surface area contributed by atoms with Crippen molar-refractivity contribution < 1.29 is 14.3 Å². The number of likely N-dealkylation sites (tertiary alicyclic amines) is 1. The Balaban J connectivity index is 1.83. The molecule has 2 rings (SSSR count). The van der Waals surface area contributed by atoms with Gasteiger partial charge < -0.3 is 9.64 Å². The van der Waals surface area contributed by atoms with Crippen LogP contribution in [0.25, 0.3) is 0 Å². The van der Waals surface area contributed by atoms with E-state index in [1.54, 1.807) is 0 Å². The maximum absolute atomic E-state index is 12.6. The molecule has 0 N–H and O–H groups in total. The lowest BCUT2D eigenvalue weighted by Gasteiger charge is -2.34. The molecule has 1 atom stereocenters. The van der Waals surface area contributed by atoms with Crippen molar-refractivity contribution in [2.45, 2.75) is 64.3 Å². The van der Waals surface area contributed by atoms with Gasteiger partial charge in [0.05, 0.1) is 19.1 Å². The van der Waals surface area contributed by atoms with Gasteiger partial charge in [-0.05, 0) is 39.7 Å². The van der Waals surface area contributed by atoms with Crippen molar-refractivity contribution in [2.75, 3.05) is 33.3 Å². The summed E-state index contributed by atoms with van der Waals surface area (Å²) in [5, 5.41) is 0. The van der Waals surface area contributed by atoms with Crippen molar-refractivity contribution in [1.29, 1.82) is 0 Å². The van der Waals surface area contributed by atoms with Gasteiger partial charge in [0.1, 0.15) is 0 Å². The van der Waals surface area contributed by atoms with Crippen LogP contribution in [0.3, 0.4) is 0 Å². The van der Waals surface area contributed by atoms with Crippen molar-refractivity contribution in [3.63, 3.8) is 0 Å². The van der Waals surface area contributed by atoms with Crippen LogP contribution < -0.4 is 0 Å². The molecule has 1 saturated carbocycles. The Bertz CT molecular complexity index is 392. The van der Waals surface area contributed by atoms with Gasteiger partial charge in [0.2, 0.25) is 5.91 Å². The standard InChI is InChI=1S/C18H32N2O3/c1-3-23-18(22)15-9-8-12-20(13-15)17(21)14-19(2)16-10-6-4-5-7-11-16/h15-16H,3-14H2,1-2H3. The van der Waals surface area contributed by atoms with Crippen molar-refractivity contribution in [3.8, 4) is 0 Å². The maximum atomic E-state index is 12.6. The summed E-state index contributed by atoms with van der Waals surface area (Å²) in [6, 6.07) is 0.534. The number of likely N-dealkylation sites (N-methyl/N-ethyl adjacent to an activating group) is 1. The normalized spacial score (nSPS) is 23.6. The highest BCUT2D eigenvalue weighted by Gasteiger charge is 2.30. The Kier molecular flexibility index (Phi) is 7.34. The Morgan fingerprint density at radius 2 is 1.78 bits per heavy atom. The average Bonchev–Trinajstić information content (AvgIpc) is 2.84. The highest BCUT2D eigenvalue weighted by atomic mass is 16.5. The zero-order chi connectivity index (χ0) is 16.7. The minimum absolute atomic E-state index is 0.143. The average molecular weight is 324 g/mol. The molecule has 1 amide bonds. The van der Waals surface area contributed by atoms with Gasteiger partial charge in [-0.15, -0.1) is 0 Å². The van der Waals surface area contributed by atoms with Gasteiger partial charge in [-0.2, -0.15) is 0 Å². The van der Waals surface area contributed by atoms with Crippen molar-refractivity contribution in [1.82, 2.24) is 9.80 Å². The largest absolute Gasteiger partial charge is 0.466 e. The maximum Gasteiger partial charge on any atom is 0.310 e. The van der Waals surface area contributed by atoms with E-state index in [-0.39, 0.29) is 17.8 Å². The lowest BCUT2D eigenvalue weighted by atomic mass is 9.98. The van der Waals surface area contributed by atoms with Crippen LogP contribution in [0.1, 0.15) is 58.3 Å². The number of esters is 1. The number of ether oxygens (including phenoxy) is 1. The van der Waals surface area contributed by atoms with Crippen LogP contribution in [0, 0.1) is 5.92 Å². The molecule has 0 aromatic rings. The predicted molar refractivity (Wildman–Crippen MR) is 90.1 cm³/mol. The lowest BCUT2D eigenvalue weighted by molar-refractivity contribution is -0.151. The van der Waals surface area contributed by atoms with E-state index in [9.17, 15) is 9.59 Å². The molecule has 1 saturated heterocycles. The highest BCUT2D eigenvalue weighted by Crippen LogP contribution is 2.22. The molecule has 2 aliphatic rings. The van der Waals surface area contributed by atoms with Crippen molar-refractivity contribution >= 4 is 11.9 Å². The first kappa shape index (κ1) is 18.2.